The van der Waals surface area contributed by atoms with Crippen molar-refractivity contribution in [2.45, 2.75) is 38.3 Å². The van der Waals surface area contributed by atoms with Crippen LogP contribution in [0.1, 0.15) is 23.6 Å². The number of amides is 2. The molecule has 3 rings (SSSR count). The highest BCUT2D eigenvalue weighted by Crippen LogP contribution is 2.31. The van der Waals surface area contributed by atoms with Crippen molar-refractivity contribution >= 4 is 50.7 Å². The highest BCUT2D eigenvalue weighted by Gasteiger charge is 2.32. The maximum atomic E-state index is 13.8. The number of sulfonamides is 1. The zero-order valence-corrected chi connectivity index (χ0v) is 23.4. The molecule has 0 aliphatic rings. The molecule has 0 aliphatic heterocycles. The van der Waals surface area contributed by atoms with Gasteiger partial charge in [-0.3, -0.25) is 13.9 Å². The van der Waals surface area contributed by atoms with Gasteiger partial charge in [-0.1, -0.05) is 70.7 Å². The smallest absolute Gasteiger partial charge is 0.264 e. The molecule has 0 spiro atoms. The Kier molecular flexibility index (Phi) is 9.23. The second-order valence-corrected chi connectivity index (χ2v) is 11.4. The molecule has 7 nitrogen and oxygen atoms in total. The number of nitrogens with zero attached hydrogens (tertiary/aromatic N) is 2. The Hall–Kier alpha value is -3.07. The van der Waals surface area contributed by atoms with Crippen molar-refractivity contribution in [2.75, 3.05) is 17.9 Å². The number of likely N-dealkylation sites (N-methyl/N-ethyl adjacent to an activating group) is 1. The molecule has 0 unspecified atom stereocenters. The molecule has 3 aromatic rings. The first kappa shape index (κ1) is 28.5. The molecule has 10 heteroatoms. The summed E-state index contributed by atoms with van der Waals surface area (Å²) in [6.07, 6.45) is 0. The third kappa shape index (κ3) is 6.83. The van der Waals surface area contributed by atoms with Gasteiger partial charge in [0.15, 0.2) is 0 Å². The highest BCUT2D eigenvalue weighted by atomic mass is 35.5. The monoisotopic (exact) mass is 561 g/mol. The van der Waals surface area contributed by atoms with Crippen LogP contribution in [0.15, 0.2) is 71.6 Å². The molecule has 1 N–H and O–H groups in total. The van der Waals surface area contributed by atoms with Gasteiger partial charge in [-0.05, 0) is 56.7 Å². The SMILES string of the molecule is CNC(=O)[C@H](C)N(Cc1cccc(C)c1)C(=O)CN(c1ccc(Cl)c(Cl)c1)S(=O)(=O)c1ccc(C)cc1. The lowest BCUT2D eigenvalue weighted by atomic mass is 10.1. The van der Waals surface area contributed by atoms with Crippen LogP contribution < -0.4 is 9.62 Å². The van der Waals surface area contributed by atoms with E-state index in [1.807, 2.05) is 38.1 Å². The van der Waals surface area contributed by atoms with Crippen LogP contribution >= 0.6 is 23.2 Å². The number of hydrogen-bond acceptors (Lipinski definition) is 4. The van der Waals surface area contributed by atoms with Crippen LogP contribution in [-0.4, -0.2) is 44.8 Å². The third-order valence-electron chi connectivity index (χ3n) is 5.93. The van der Waals surface area contributed by atoms with E-state index < -0.39 is 28.5 Å². The number of nitrogens with one attached hydrogen (secondary N) is 1. The molecule has 0 heterocycles. The van der Waals surface area contributed by atoms with Crippen LogP contribution in [0.3, 0.4) is 0 Å². The number of aryl methyl sites for hydroxylation is 2. The average Bonchev–Trinajstić information content (AvgIpc) is 2.86. The van der Waals surface area contributed by atoms with Crippen LogP contribution in [0.5, 0.6) is 0 Å². The molecular formula is C27H29Cl2N3O4S. The largest absolute Gasteiger partial charge is 0.357 e. The van der Waals surface area contributed by atoms with Crippen LogP contribution in [-0.2, 0) is 26.2 Å². The highest BCUT2D eigenvalue weighted by molar-refractivity contribution is 7.92. The molecule has 0 saturated heterocycles. The zero-order chi connectivity index (χ0) is 27.3. The molecule has 0 aliphatic carbocycles. The molecular weight excluding hydrogens is 533 g/mol. The standard InChI is InChI=1S/C27H29Cl2N3O4S/c1-18-8-11-23(12-9-18)37(35,36)32(22-10-13-24(28)25(29)15-22)17-26(33)31(20(3)27(34)30-4)16-21-7-5-6-19(2)14-21/h5-15,20H,16-17H2,1-4H3,(H,30,34)/t20-/m0/s1. The van der Waals surface area contributed by atoms with Gasteiger partial charge < -0.3 is 10.2 Å². The second kappa shape index (κ2) is 12.0. The fourth-order valence-corrected chi connectivity index (χ4v) is 5.50. The molecule has 196 valence electrons. The van der Waals surface area contributed by atoms with E-state index in [-0.39, 0.29) is 33.1 Å². The van der Waals surface area contributed by atoms with Crippen molar-refractivity contribution in [2.24, 2.45) is 0 Å². The summed E-state index contributed by atoms with van der Waals surface area (Å²) >= 11 is 12.3. The number of hydrogen-bond donors (Lipinski definition) is 1. The van der Waals surface area contributed by atoms with Crippen molar-refractivity contribution in [1.82, 2.24) is 10.2 Å². The van der Waals surface area contributed by atoms with Crippen molar-refractivity contribution in [3.63, 3.8) is 0 Å². The Morgan fingerprint density at radius 3 is 2.19 bits per heavy atom. The quantitative estimate of drug-likeness (QED) is 0.399. The Balaban J connectivity index is 2.06. The number of rotatable bonds is 9. The predicted molar refractivity (Wildman–Crippen MR) is 147 cm³/mol. The molecule has 3 aromatic carbocycles. The lowest BCUT2D eigenvalue weighted by Crippen LogP contribution is -2.50. The molecule has 2 amide bonds. The molecule has 37 heavy (non-hydrogen) atoms. The topological polar surface area (TPSA) is 86.8 Å². The van der Waals surface area contributed by atoms with E-state index in [0.29, 0.717) is 0 Å². The number of halogens is 2. The maximum absolute atomic E-state index is 13.8. The Morgan fingerprint density at radius 2 is 1.59 bits per heavy atom. The van der Waals surface area contributed by atoms with Crippen molar-refractivity contribution < 1.29 is 18.0 Å². The van der Waals surface area contributed by atoms with Gasteiger partial charge in [0.05, 0.1) is 20.6 Å². The molecule has 0 aromatic heterocycles. The summed E-state index contributed by atoms with van der Waals surface area (Å²) < 4.78 is 28.5. The number of carbonyl (C=O) groups excluding carboxylic acids is 2. The van der Waals surface area contributed by atoms with Gasteiger partial charge in [-0.25, -0.2) is 8.42 Å². The summed E-state index contributed by atoms with van der Waals surface area (Å²) in [6.45, 7) is 4.94. The molecule has 0 fully saturated rings. The van der Waals surface area contributed by atoms with E-state index >= 15 is 0 Å². The minimum atomic E-state index is -4.18. The van der Waals surface area contributed by atoms with Gasteiger partial charge in [-0.2, -0.15) is 0 Å². The van der Waals surface area contributed by atoms with Crippen LogP contribution in [0.2, 0.25) is 10.0 Å². The number of benzene rings is 3. The van der Waals surface area contributed by atoms with Gasteiger partial charge in [0.2, 0.25) is 11.8 Å². The minimum Gasteiger partial charge on any atom is -0.357 e. The van der Waals surface area contributed by atoms with Gasteiger partial charge in [0.25, 0.3) is 10.0 Å². The van der Waals surface area contributed by atoms with Crippen LogP contribution in [0, 0.1) is 13.8 Å². The summed E-state index contributed by atoms with van der Waals surface area (Å²) in [5.41, 5.74) is 2.87. The molecule has 1 atom stereocenters. The van der Waals surface area contributed by atoms with Crippen molar-refractivity contribution in [1.29, 1.82) is 0 Å². The second-order valence-electron chi connectivity index (χ2n) is 8.72. The van der Waals surface area contributed by atoms with Gasteiger partial charge in [-0.15, -0.1) is 0 Å². The number of carbonyl (C=O) groups is 2. The first-order chi connectivity index (χ1) is 17.4. The van der Waals surface area contributed by atoms with Crippen molar-refractivity contribution in [3.8, 4) is 0 Å². The summed E-state index contributed by atoms with van der Waals surface area (Å²) in [4.78, 5) is 27.7. The van der Waals surface area contributed by atoms with E-state index in [9.17, 15) is 18.0 Å². The van der Waals surface area contributed by atoms with E-state index in [4.69, 9.17) is 23.2 Å². The third-order valence-corrected chi connectivity index (χ3v) is 8.46. The van der Waals surface area contributed by atoms with Gasteiger partial charge in [0.1, 0.15) is 12.6 Å². The maximum Gasteiger partial charge on any atom is 0.264 e. The van der Waals surface area contributed by atoms with Gasteiger partial charge in [0, 0.05) is 13.6 Å². The van der Waals surface area contributed by atoms with Crippen LogP contribution in [0.25, 0.3) is 0 Å². The lowest BCUT2D eigenvalue weighted by molar-refractivity contribution is -0.139. The summed E-state index contributed by atoms with van der Waals surface area (Å²) in [5.74, 6) is -0.928. The molecule has 0 saturated carbocycles. The Bertz CT molecular complexity index is 1400. The minimum absolute atomic E-state index is 0.0153. The predicted octanol–water partition coefficient (Wildman–Crippen LogP) is 4.97. The fraction of sp³-hybridized carbons (Fsp3) is 0.259. The summed E-state index contributed by atoms with van der Waals surface area (Å²) in [7, 11) is -2.69. The lowest BCUT2D eigenvalue weighted by Gasteiger charge is -2.32. The van der Waals surface area contributed by atoms with Crippen LogP contribution in [0.4, 0.5) is 5.69 Å². The molecule has 0 bridgehead atoms. The number of anilines is 1. The summed E-state index contributed by atoms with van der Waals surface area (Å²) in [5, 5.41) is 2.95. The first-order valence-electron chi connectivity index (χ1n) is 11.5. The fourth-order valence-electron chi connectivity index (χ4n) is 3.81. The molecule has 0 radical (unpaired) electrons. The zero-order valence-electron chi connectivity index (χ0n) is 21.0. The Labute approximate surface area is 228 Å². The summed E-state index contributed by atoms with van der Waals surface area (Å²) in [6, 6.07) is 17.4. The van der Waals surface area contributed by atoms with E-state index in [0.717, 1.165) is 21.0 Å². The Morgan fingerprint density at radius 1 is 0.919 bits per heavy atom. The van der Waals surface area contributed by atoms with E-state index in [1.165, 1.54) is 42.3 Å². The normalized spacial score (nSPS) is 12.1. The van der Waals surface area contributed by atoms with E-state index in [1.54, 1.807) is 19.1 Å². The van der Waals surface area contributed by atoms with Crippen molar-refractivity contribution in [3.05, 3.63) is 93.5 Å². The van der Waals surface area contributed by atoms with E-state index in [2.05, 4.69) is 5.32 Å². The first-order valence-corrected chi connectivity index (χ1v) is 13.7. The average molecular weight is 563 g/mol. The van der Waals surface area contributed by atoms with Gasteiger partial charge >= 0.3 is 0 Å².